The highest BCUT2D eigenvalue weighted by Crippen LogP contribution is 1.67. The van der Waals surface area contributed by atoms with Crippen LogP contribution < -0.4 is 5.32 Å². The van der Waals surface area contributed by atoms with Crippen LogP contribution in [0.2, 0.25) is 0 Å². The molecule has 0 aliphatic rings. The van der Waals surface area contributed by atoms with Crippen LogP contribution in [0.1, 0.15) is 0 Å². The van der Waals surface area contributed by atoms with E-state index in [9.17, 15) is 0 Å². The van der Waals surface area contributed by atoms with Gasteiger partial charge in [-0.15, -0.1) is 6.92 Å². The Bertz CT molecular complexity index is 57.4. The fraction of sp³-hybridized carbons (Fsp3) is 0.286. The average molecular weight is 109 g/mol. The predicted molar refractivity (Wildman–Crippen MR) is 35.7 cm³/mol. The largest absolute Gasteiger partial charge is 0.290 e. The van der Waals surface area contributed by atoms with Gasteiger partial charge in [-0.05, 0) is 6.54 Å². The zero-order chi connectivity index (χ0) is 6.24. The molecule has 0 aliphatic carbocycles. The first-order valence-corrected chi connectivity index (χ1v) is 2.57. The minimum absolute atomic E-state index is 0.829. The first kappa shape index (κ1) is 7.35. The molecule has 0 radical (unpaired) electrons. The van der Waals surface area contributed by atoms with Gasteiger partial charge in [0.15, 0.2) is 0 Å². The van der Waals surface area contributed by atoms with Gasteiger partial charge in [0.1, 0.15) is 6.54 Å². The van der Waals surface area contributed by atoms with Crippen LogP contribution in [0.4, 0.5) is 0 Å². The summed E-state index contributed by atoms with van der Waals surface area (Å²) in [5.74, 6) is 0. The van der Waals surface area contributed by atoms with Crippen molar-refractivity contribution in [3.05, 3.63) is 32.4 Å². The Hall–Kier alpha value is -0.650. The number of hydrogen-bond acceptors (Lipinski definition) is 1. The molecule has 0 saturated carbocycles. The third-order valence-electron chi connectivity index (χ3n) is 0.679. The van der Waals surface area contributed by atoms with E-state index >= 15 is 0 Å². The SMILES string of the molecule is [CH2-]/[C+]=C/CNC[CH+][CH2-]. The minimum Gasteiger partial charge on any atom is -0.290 e. The molecule has 1 N–H and O–H groups in total. The quantitative estimate of drug-likeness (QED) is 0.416. The molecular weight excluding hydrogens is 98.1 g/mol. The molecular formula is C7H11N. The van der Waals surface area contributed by atoms with Crippen molar-refractivity contribution >= 4 is 0 Å². The molecule has 0 atom stereocenters. The Morgan fingerprint density at radius 2 is 2.50 bits per heavy atom. The van der Waals surface area contributed by atoms with E-state index in [1.54, 1.807) is 0 Å². The van der Waals surface area contributed by atoms with Crippen LogP contribution in [0.15, 0.2) is 6.08 Å². The van der Waals surface area contributed by atoms with E-state index in [1.165, 1.54) is 0 Å². The summed E-state index contributed by atoms with van der Waals surface area (Å²) in [5.41, 5.74) is 0. The molecule has 0 heterocycles. The zero-order valence-electron chi connectivity index (χ0n) is 4.98. The zero-order valence-corrected chi connectivity index (χ0v) is 4.98. The summed E-state index contributed by atoms with van der Waals surface area (Å²) in [6.45, 7) is 8.63. The maximum atomic E-state index is 3.55. The van der Waals surface area contributed by atoms with Gasteiger partial charge in [-0.2, -0.15) is 0 Å². The second-order valence-corrected chi connectivity index (χ2v) is 1.36. The van der Waals surface area contributed by atoms with Gasteiger partial charge >= 0.3 is 0 Å². The number of hydrogen-bond donors (Lipinski definition) is 1. The van der Waals surface area contributed by atoms with Crippen LogP contribution in [-0.4, -0.2) is 13.1 Å². The smallest absolute Gasteiger partial charge is 0.107 e. The van der Waals surface area contributed by atoms with Crippen molar-refractivity contribution < 1.29 is 0 Å². The van der Waals surface area contributed by atoms with E-state index in [1.807, 2.05) is 12.5 Å². The second kappa shape index (κ2) is 6.35. The maximum absolute atomic E-state index is 3.55. The van der Waals surface area contributed by atoms with Gasteiger partial charge < -0.3 is 0 Å². The van der Waals surface area contributed by atoms with Crippen molar-refractivity contribution in [2.24, 2.45) is 0 Å². The van der Waals surface area contributed by atoms with E-state index in [0.29, 0.717) is 0 Å². The van der Waals surface area contributed by atoms with Crippen LogP contribution in [0.25, 0.3) is 0 Å². The number of allylic oxidation sites excluding steroid dienone is 1. The molecule has 0 fully saturated rings. The Morgan fingerprint density at radius 3 is 3.00 bits per heavy atom. The molecule has 1 nitrogen and oxygen atoms in total. The van der Waals surface area contributed by atoms with Crippen LogP contribution >= 0.6 is 0 Å². The Kier molecular flexibility index (Phi) is 5.83. The second-order valence-electron chi connectivity index (χ2n) is 1.36. The Labute approximate surface area is 51.8 Å². The third kappa shape index (κ3) is 5.35. The molecule has 0 aromatic heterocycles. The summed E-state index contributed by atoms with van der Waals surface area (Å²) in [6.07, 6.45) is 6.31. The Morgan fingerprint density at radius 1 is 1.75 bits per heavy atom. The first-order valence-electron chi connectivity index (χ1n) is 2.57. The molecule has 0 aromatic rings. The molecule has 0 spiro atoms. The van der Waals surface area contributed by atoms with Crippen LogP contribution in [0.3, 0.4) is 0 Å². The van der Waals surface area contributed by atoms with Crippen molar-refractivity contribution in [1.29, 1.82) is 0 Å². The van der Waals surface area contributed by atoms with E-state index in [2.05, 4.69) is 25.2 Å². The third-order valence-corrected chi connectivity index (χ3v) is 0.679. The predicted octanol–water partition coefficient (Wildman–Crippen LogP) is 0.808. The fourth-order valence-corrected chi connectivity index (χ4v) is 0.330. The van der Waals surface area contributed by atoms with Crippen molar-refractivity contribution in [3.63, 3.8) is 0 Å². The summed E-state index contributed by atoms with van der Waals surface area (Å²) in [5, 5.41) is 3.06. The van der Waals surface area contributed by atoms with E-state index in [0.717, 1.165) is 13.1 Å². The summed E-state index contributed by atoms with van der Waals surface area (Å²) in [6, 6.07) is 0. The van der Waals surface area contributed by atoms with E-state index in [-0.39, 0.29) is 0 Å². The van der Waals surface area contributed by atoms with Gasteiger partial charge in [0.2, 0.25) is 0 Å². The van der Waals surface area contributed by atoms with Gasteiger partial charge in [-0.1, -0.05) is 6.42 Å². The van der Waals surface area contributed by atoms with Crippen molar-refractivity contribution in [1.82, 2.24) is 5.32 Å². The molecule has 0 aliphatic heterocycles. The fourth-order valence-electron chi connectivity index (χ4n) is 0.330. The highest BCUT2D eigenvalue weighted by molar-refractivity contribution is 4.79. The molecule has 44 valence electrons. The number of rotatable bonds is 4. The Balaban J connectivity index is 2.72. The number of nitrogens with one attached hydrogen (secondary N) is 1. The summed E-state index contributed by atoms with van der Waals surface area (Å²) in [7, 11) is 0. The molecule has 0 rings (SSSR count). The van der Waals surface area contributed by atoms with E-state index < -0.39 is 0 Å². The normalized spacial score (nSPS) is 9.12. The van der Waals surface area contributed by atoms with Crippen molar-refractivity contribution in [2.75, 3.05) is 13.1 Å². The molecule has 0 bridgehead atoms. The van der Waals surface area contributed by atoms with E-state index in [4.69, 9.17) is 0 Å². The molecule has 0 unspecified atom stereocenters. The van der Waals surface area contributed by atoms with Crippen LogP contribution in [-0.2, 0) is 0 Å². The molecule has 0 saturated heterocycles. The van der Waals surface area contributed by atoms with Gasteiger partial charge in [-0.3, -0.25) is 5.32 Å². The lowest BCUT2D eigenvalue weighted by molar-refractivity contribution is 0.821. The first-order chi connectivity index (χ1) is 3.91. The van der Waals surface area contributed by atoms with Crippen LogP contribution in [0.5, 0.6) is 0 Å². The lowest BCUT2D eigenvalue weighted by Gasteiger charge is -1.90. The average Bonchev–Trinajstić information content (AvgIpc) is 1.81. The molecule has 8 heavy (non-hydrogen) atoms. The molecule has 0 amide bonds. The topological polar surface area (TPSA) is 12.0 Å². The lowest BCUT2D eigenvalue weighted by Crippen LogP contribution is -2.14. The van der Waals surface area contributed by atoms with Gasteiger partial charge in [-0.25, -0.2) is 0 Å². The lowest BCUT2D eigenvalue weighted by atomic mass is 10.4. The molecule has 1 heteroatoms. The van der Waals surface area contributed by atoms with Gasteiger partial charge in [0.25, 0.3) is 0 Å². The van der Waals surface area contributed by atoms with Gasteiger partial charge in [0, 0.05) is 13.0 Å². The summed E-state index contributed by atoms with van der Waals surface area (Å²) < 4.78 is 0. The minimum atomic E-state index is 0.829. The highest BCUT2D eigenvalue weighted by Gasteiger charge is 1.78. The highest BCUT2D eigenvalue weighted by atomic mass is 14.8. The van der Waals surface area contributed by atoms with Crippen molar-refractivity contribution in [3.8, 4) is 0 Å². The summed E-state index contributed by atoms with van der Waals surface area (Å²) in [4.78, 5) is 0. The van der Waals surface area contributed by atoms with Gasteiger partial charge in [0.05, 0.1) is 6.08 Å². The maximum Gasteiger partial charge on any atom is 0.107 e. The standard InChI is InChI=1S/C7H11N/c1-3-5-7-8-6-4-2/h4-5,8H,1-2,6-7H2. The monoisotopic (exact) mass is 109 g/mol. The van der Waals surface area contributed by atoms with Crippen molar-refractivity contribution in [2.45, 2.75) is 0 Å². The summed E-state index contributed by atoms with van der Waals surface area (Å²) >= 11 is 0. The molecule has 0 aromatic carbocycles. The van der Waals surface area contributed by atoms with Crippen LogP contribution in [0, 0.1) is 26.3 Å².